The minimum absolute atomic E-state index is 0.511. The van der Waals surface area contributed by atoms with Gasteiger partial charge in [-0.3, -0.25) is 4.21 Å². The lowest BCUT2D eigenvalue weighted by Gasteiger charge is -2.29. The fourth-order valence-corrected chi connectivity index (χ4v) is 4.31. The third kappa shape index (κ3) is 4.72. The summed E-state index contributed by atoms with van der Waals surface area (Å²) in [6.45, 7) is 3.22. The molecule has 0 bridgehead atoms. The normalized spacial score (nSPS) is 14.7. The predicted molar refractivity (Wildman–Crippen MR) is 135 cm³/mol. The number of benzene rings is 3. The molecule has 1 N–H and O–H groups in total. The molecule has 1 atom stereocenters. The molecule has 9 heteroatoms. The average Bonchev–Trinajstić information content (AvgIpc) is 2.88. The van der Waals surface area contributed by atoms with Crippen LogP contribution >= 0.6 is 0 Å². The van der Waals surface area contributed by atoms with Crippen LogP contribution in [-0.2, 0) is 16.0 Å². The maximum absolute atomic E-state index is 11.2. The quantitative estimate of drug-likeness (QED) is 0.420. The van der Waals surface area contributed by atoms with Gasteiger partial charge in [-0.25, -0.2) is 9.97 Å². The van der Waals surface area contributed by atoms with Crippen LogP contribution in [0.4, 0.5) is 23.0 Å². The lowest BCUT2D eigenvalue weighted by molar-refractivity contribution is 0.122. The molecule has 1 saturated heterocycles. The van der Waals surface area contributed by atoms with Crippen LogP contribution < -0.4 is 14.5 Å². The Labute approximate surface area is 200 Å². The largest absolute Gasteiger partial charge is 0.755 e. The fourth-order valence-electron chi connectivity index (χ4n) is 4.02. The van der Waals surface area contributed by atoms with Crippen molar-refractivity contribution >= 4 is 45.2 Å². The average molecular weight is 475 g/mol. The maximum atomic E-state index is 11.2. The zero-order valence-electron chi connectivity index (χ0n) is 18.7. The highest BCUT2D eigenvalue weighted by Gasteiger charge is 2.12. The van der Waals surface area contributed by atoms with Gasteiger partial charge in [0, 0.05) is 65.6 Å². The van der Waals surface area contributed by atoms with E-state index < -0.39 is 11.3 Å². The van der Waals surface area contributed by atoms with Crippen molar-refractivity contribution < 1.29 is 13.5 Å². The van der Waals surface area contributed by atoms with Crippen molar-refractivity contribution in [1.82, 2.24) is 9.97 Å². The van der Waals surface area contributed by atoms with Crippen LogP contribution in [0.25, 0.3) is 22.0 Å². The van der Waals surface area contributed by atoms with Gasteiger partial charge in [-0.1, -0.05) is 36.4 Å². The van der Waals surface area contributed by atoms with E-state index >= 15 is 0 Å². The Morgan fingerprint density at radius 1 is 1.06 bits per heavy atom. The summed E-state index contributed by atoms with van der Waals surface area (Å²) in [5, 5.41) is 4.26. The Morgan fingerprint density at radius 3 is 2.59 bits per heavy atom. The van der Waals surface area contributed by atoms with E-state index in [4.69, 9.17) is 9.72 Å². The highest BCUT2D eigenvalue weighted by Crippen LogP contribution is 2.30. The van der Waals surface area contributed by atoms with Crippen LogP contribution in [0.3, 0.4) is 0 Å². The van der Waals surface area contributed by atoms with E-state index in [-0.39, 0.29) is 0 Å². The molecule has 1 unspecified atom stereocenters. The van der Waals surface area contributed by atoms with Crippen LogP contribution in [0.15, 0.2) is 72.9 Å². The van der Waals surface area contributed by atoms with Crippen molar-refractivity contribution in [1.29, 1.82) is 0 Å². The number of nitrogens with zero attached hydrogens (tertiary/aromatic N) is 4. The van der Waals surface area contributed by atoms with E-state index in [9.17, 15) is 8.76 Å². The van der Waals surface area contributed by atoms with E-state index in [1.54, 1.807) is 12.1 Å². The molecule has 5 rings (SSSR count). The number of para-hydroxylation sites is 1. The first-order valence-corrected chi connectivity index (χ1v) is 12.0. The smallest absolute Gasteiger partial charge is 0.227 e. The lowest BCUT2D eigenvalue weighted by atomic mass is 10.0. The number of aromatic nitrogens is 2. The maximum Gasteiger partial charge on any atom is 0.227 e. The molecule has 1 aliphatic heterocycles. The first kappa shape index (κ1) is 22.3. The number of hydrogen-bond acceptors (Lipinski definition) is 7. The van der Waals surface area contributed by atoms with E-state index in [2.05, 4.69) is 27.3 Å². The number of nitrogens with one attached hydrogen (secondary N) is 1. The molecule has 0 amide bonds. The highest BCUT2D eigenvalue weighted by atomic mass is 32.2. The van der Waals surface area contributed by atoms with E-state index in [1.807, 2.05) is 48.7 Å². The Bertz CT molecular complexity index is 1330. The Kier molecular flexibility index (Phi) is 6.39. The number of morpholine rings is 1. The molecular weight excluding hydrogens is 450 g/mol. The molecule has 2 heterocycles. The van der Waals surface area contributed by atoms with Crippen molar-refractivity contribution in [2.75, 3.05) is 47.9 Å². The molecule has 8 nitrogen and oxygen atoms in total. The topological polar surface area (TPSA) is 93.7 Å². The van der Waals surface area contributed by atoms with Crippen molar-refractivity contribution in [3.8, 4) is 11.1 Å². The number of hydrogen-bond donors (Lipinski definition) is 1. The minimum Gasteiger partial charge on any atom is -0.755 e. The second-order valence-corrected chi connectivity index (χ2v) is 8.96. The number of fused-ring (bicyclic) bond motifs is 1. The van der Waals surface area contributed by atoms with Crippen LogP contribution in [-0.4, -0.2) is 52.1 Å². The third-order valence-corrected chi connectivity index (χ3v) is 6.51. The van der Waals surface area contributed by atoms with Crippen LogP contribution in [0, 0.1) is 0 Å². The molecule has 4 aromatic rings. The van der Waals surface area contributed by atoms with Gasteiger partial charge in [-0.05, 0) is 35.9 Å². The van der Waals surface area contributed by atoms with Gasteiger partial charge in [0.15, 0.2) is 0 Å². The lowest BCUT2D eigenvalue weighted by Crippen LogP contribution is -2.36. The van der Waals surface area contributed by atoms with Gasteiger partial charge in [0.1, 0.15) is 0 Å². The van der Waals surface area contributed by atoms with Gasteiger partial charge in [0.05, 0.1) is 18.7 Å². The molecule has 174 valence electrons. The molecule has 0 spiro atoms. The summed E-state index contributed by atoms with van der Waals surface area (Å²) in [5.74, 6) is 0.511. The Hall–Kier alpha value is -3.53. The van der Waals surface area contributed by atoms with E-state index in [1.165, 1.54) is 11.4 Å². The molecule has 1 aromatic heterocycles. The number of ether oxygens (including phenoxy) is 1. The Balaban J connectivity index is 1.44. The zero-order valence-corrected chi connectivity index (χ0v) is 19.5. The summed E-state index contributed by atoms with van der Waals surface area (Å²) >= 11 is -2.32. The minimum atomic E-state index is -2.32. The second kappa shape index (κ2) is 9.76. The highest BCUT2D eigenvalue weighted by molar-refractivity contribution is 7.80. The van der Waals surface area contributed by atoms with Crippen molar-refractivity contribution in [3.05, 3.63) is 72.9 Å². The molecule has 0 saturated carbocycles. The summed E-state index contributed by atoms with van der Waals surface area (Å²) in [7, 11) is 1.51. The second-order valence-electron chi connectivity index (χ2n) is 7.97. The first-order chi connectivity index (χ1) is 16.6. The van der Waals surface area contributed by atoms with Crippen molar-refractivity contribution in [3.63, 3.8) is 0 Å². The summed E-state index contributed by atoms with van der Waals surface area (Å²) < 4.78 is 29.1. The predicted octanol–water partition coefficient (Wildman–Crippen LogP) is 4.11. The van der Waals surface area contributed by atoms with Gasteiger partial charge in [0.2, 0.25) is 5.95 Å². The number of rotatable bonds is 6. The zero-order chi connectivity index (χ0) is 23.5. The van der Waals surface area contributed by atoms with Gasteiger partial charge in [-0.15, -0.1) is 0 Å². The van der Waals surface area contributed by atoms with Crippen molar-refractivity contribution in [2.24, 2.45) is 0 Å². The van der Waals surface area contributed by atoms with Crippen LogP contribution in [0.5, 0.6) is 0 Å². The summed E-state index contributed by atoms with van der Waals surface area (Å²) in [6.07, 6.45) is 1.81. The first-order valence-electron chi connectivity index (χ1n) is 11.0. The van der Waals surface area contributed by atoms with Gasteiger partial charge < -0.3 is 23.8 Å². The molecule has 3 aromatic carbocycles. The van der Waals surface area contributed by atoms with Crippen molar-refractivity contribution in [2.45, 2.75) is 0 Å². The molecule has 1 fully saturated rings. The molecule has 1 aliphatic rings. The standard InChI is InChI=1S/C25H25N5O3S/c1-29(34(31)32)21-10-8-18(9-11-21)23-7-2-4-19-17-26-25(28-24(19)23)27-20-5-3-6-22(16-20)30-12-14-33-15-13-30/h2-11,16-17H,12-15H2,1H3,(H,31,32)(H,26,27,28)/p-1. The van der Waals surface area contributed by atoms with Crippen LogP contribution in [0.2, 0.25) is 0 Å². The van der Waals surface area contributed by atoms with Gasteiger partial charge >= 0.3 is 0 Å². The fraction of sp³-hybridized carbons (Fsp3) is 0.200. The molecular formula is C25H24N5O3S-. The molecule has 0 aliphatic carbocycles. The van der Waals surface area contributed by atoms with E-state index in [0.717, 1.165) is 59.7 Å². The molecule has 0 radical (unpaired) electrons. The summed E-state index contributed by atoms with van der Waals surface area (Å²) in [5.41, 5.74) is 5.35. The van der Waals surface area contributed by atoms with E-state index in [0.29, 0.717) is 11.6 Å². The van der Waals surface area contributed by atoms with Gasteiger partial charge in [-0.2, -0.15) is 0 Å². The van der Waals surface area contributed by atoms with Gasteiger partial charge in [0.25, 0.3) is 0 Å². The monoisotopic (exact) mass is 474 g/mol. The molecule has 34 heavy (non-hydrogen) atoms. The van der Waals surface area contributed by atoms with Crippen LogP contribution in [0.1, 0.15) is 0 Å². The number of anilines is 4. The Morgan fingerprint density at radius 2 is 1.82 bits per heavy atom. The SMILES string of the molecule is CN(c1ccc(-c2cccc3cnc(Nc4cccc(N5CCOCC5)c4)nc23)cc1)S(=O)[O-]. The third-order valence-electron chi connectivity index (χ3n) is 5.85. The summed E-state index contributed by atoms with van der Waals surface area (Å²) in [6, 6.07) is 21.5. The summed E-state index contributed by atoms with van der Waals surface area (Å²) in [4.78, 5) is 11.6.